The molecule has 0 heterocycles. The van der Waals surface area contributed by atoms with E-state index in [4.69, 9.17) is 4.74 Å². The molecule has 4 heteroatoms. The van der Waals surface area contributed by atoms with Crippen molar-refractivity contribution >= 4 is 36.3 Å². The maximum absolute atomic E-state index is 11.3. The number of allylic oxidation sites excluding steroid dienone is 1. The molecule has 0 aromatic heterocycles. The summed E-state index contributed by atoms with van der Waals surface area (Å²) < 4.78 is 8.88. The van der Waals surface area contributed by atoms with Crippen molar-refractivity contribution in [2.45, 2.75) is 58.8 Å². The molecular weight excluding hydrogens is 455 g/mol. The number of carbonyl (C=O) groups is 1. The zero-order valence-electron chi connectivity index (χ0n) is 13.5. The molecule has 0 aliphatic heterocycles. The Hall–Kier alpha value is -0.360. The van der Waals surface area contributed by atoms with Crippen molar-refractivity contribution in [2.75, 3.05) is 0 Å². The van der Waals surface area contributed by atoms with Gasteiger partial charge in [-0.15, -0.1) is 0 Å². The summed E-state index contributed by atoms with van der Waals surface area (Å²) in [5.41, 5.74) is 0. The Morgan fingerprint density at radius 1 is 1.14 bits per heavy atom. The van der Waals surface area contributed by atoms with E-state index < -0.39 is 17.6 Å². The van der Waals surface area contributed by atoms with E-state index in [0.717, 1.165) is 18.6 Å². The number of carbonyl (C=O) groups excluding carboxylic acids is 1. The summed E-state index contributed by atoms with van der Waals surface area (Å²) in [4.78, 5) is 11.3. The van der Waals surface area contributed by atoms with Crippen LogP contribution in [0, 0.1) is 3.57 Å². The fourth-order valence-electron chi connectivity index (χ4n) is 2.10. The Kier molecular flexibility index (Phi) is 10.8. The van der Waals surface area contributed by atoms with E-state index in [0.29, 0.717) is 0 Å². The Balaban J connectivity index is 2.52. The van der Waals surface area contributed by atoms with E-state index in [1.54, 1.807) is 0 Å². The van der Waals surface area contributed by atoms with Crippen LogP contribution in [0.1, 0.15) is 58.8 Å². The summed E-state index contributed by atoms with van der Waals surface area (Å²) in [5, 5.41) is 0. The fraction of sp³-hybridized carbons (Fsp3) is 0.500. The van der Waals surface area contributed by atoms with Gasteiger partial charge in [-0.05, 0) is 0 Å². The van der Waals surface area contributed by atoms with Gasteiger partial charge in [-0.3, -0.25) is 0 Å². The first-order chi connectivity index (χ1) is 10.6. The number of benzene rings is 1. The molecule has 0 aliphatic carbocycles. The zero-order chi connectivity index (χ0) is 16.2. The van der Waals surface area contributed by atoms with Gasteiger partial charge in [-0.2, -0.15) is 0 Å². The first-order valence-corrected chi connectivity index (χ1v) is 15.1. The number of rotatable bonds is 10. The molecule has 0 spiro atoms. The van der Waals surface area contributed by atoms with Crippen LogP contribution in [0.15, 0.2) is 40.2 Å². The van der Waals surface area contributed by atoms with Gasteiger partial charge in [0.1, 0.15) is 0 Å². The van der Waals surface area contributed by atoms with Crippen LogP contribution < -0.4 is 0 Å². The van der Waals surface area contributed by atoms with Crippen LogP contribution in [0.4, 0.5) is 0 Å². The number of esters is 1. The zero-order valence-corrected chi connectivity index (χ0v) is 17.2. The van der Waals surface area contributed by atoms with Gasteiger partial charge in [-0.25, -0.2) is 0 Å². The molecule has 0 amide bonds. The molecule has 0 fully saturated rings. The van der Waals surface area contributed by atoms with Crippen molar-refractivity contribution in [3.05, 3.63) is 43.7 Å². The normalized spacial score (nSPS) is 12.1. The predicted molar refractivity (Wildman–Crippen MR) is 106 cm³/mol. The molecule has 0 unspecified atom stereocenters. The predicted octanol–water partition coefficient (Wildman–Crippen LogP) is 6.83. The summed E-state index contributed by atoms with van der Waals surface area (Å²) >= 11 is 2.25. The standard InChI is InChI=1S/C18H26BrIO2/c1-3-4-5-6-7-11-14-18(22-16(2)21)15-20(19)17-12-9-8-10-13-17/h8-10,12-13,15H,3-7,11,14H2,1-2H3/b18-15-. The quantitative estimate of drug-likeness (QED) is 0.159. The number of hydrogen-bond donors (Lipinski definition) is 0. The SMILES string of the molecule is CCCCCCCC/C(=C/I(Br)c1ccccc1)OC(C)=O. The Bertz CT molecular complexity index is 459. The van der Waals surface area contributed by atoms with Crippen molar-refractivity contribution in [3.8, 4) is 0 Å². The second-order valence-electron chi connectivity index (χ2n) is 5.25. The van der Waals surface area contributed by atoms with Crippen molar-refractivity contribution in [3.63, 3.8) is 0 Å². The molecular formula is C18H26BrIO2. The van der Waals surface area contributed by atoms with E-state index in [1.807, 2.05) is 18.2 Å². The number of halogens is 2. The van der Waals surface area contributed by atoms with Crippen LogP contribution in [-0.4, -0.2) is 5.97 Å². The maximum atomic E-state index is 11.3. The van der Waals surface area contributed by atoms with E-state index in [9.17, 15) is 4.79 Å². The molecule has 0 saturated heterocycles. The van der Waals surface area contributed by atoms with Crippen LogP contribution >= 0.6 is 30.3 Å². The average molecular weight is 481 g/mol. The van der Waals surface area contributed by atoms with E-state index in [2.05, 4.69) is 35.8 Å². The van der Waals surface area contributed by atoms with Crippen molar-refractivity contribution in [2.24, 2.45) is 0 Å². The molecule has 1 aromatic carbocycles. The molecule has 0 aliphatic rings. The number of unbranched alkanes of at least 4 members (excludes halogenated alkanes) is 5. The summed E-state index contributed by atoms with van der Waals surface area (Å²) in [5.74, 6) is 0.621. The molecule has 1 rings (SSSR count). The third kappa shape index (κ3) is 8.93. The summed E-state index contributed by atoms with van der Waals surface area (Å²) in [6.45, 7) is 3.71. The molecule has 0 bridgehead atoms. The third-order valence-electron chi connectivity index (χ3n) is 3.21. The molecule has 22 heavy (non-hydrogen) atoms. The van der Waals surface area contributed by atoms with Crippen molar-refractivity contribution < 1.29 is 9.53 Å². The molecule has 0 saturated carbocycles. The van der Waals surface area contributed by atoms with Gasteiger partial charge in [0.2, 0.25) is 0 Å². The van der Waals surface area contributed by atoms with Gasteiger partial charge >= 0.3 is 148 Å². The van der Waals surface area contributed by atoms with Crippen LogP contribution in [0.3, 0.4) is 0 Å². The molecule has 0 N–H and O–H groups in total. The molecule has 124 valence electrons. The number of ether oxygens (including phenoxy) is 1. The molecule has 0 atom stereocenters. The second kappa shape index (κ2) is 12.1. The Morgan fingerprint density at radius 3 is 2.41 bits per heavy atom. The van der Waals surface area contributed by atoms with Crippen molar-refractivity contribution in [1.29, 1.82) is 0 Å². The topological polar surface area (TPSA) is 26.3 Å². The van der Waals surface area contributed by atoms with Crippen LogP contribution in [0.25, 0.3) is 0 Å². The second-order valence-corrected chi connectivity index (χ2v) is 12.9. The van der Waals surface area contributed by atoms with Gasteiger partial charge in [0.15, 0.2) is 0 Å². The molecule has 0 radical (unpaired) electrons. The first-order valence-electron chi connectivity index (χ1n) is 7.92. The van der Waals surface area contributed by atoms with E-state index >= 15 is 0 Å². The van der Waals surface area contributed by atoms with Crippen LogP contribution in [-0.2, 0) is 9.53 Å². The molecule has 2 nitrogen and oxygen atoms in total. The third-order valence-corrected chi connectivity index (χ3v) is 9.84. The van der Waals surface area contributed by atoms with Gasteiger partial charge < -0.3 is 0 Å². The van der Waals surface area contributed by atoms with Gasteiger partial charge in [0.25, 0.3) is 0 Å². The summed E-state index contributed by atoms with van der Waals surface area (Å²) in [7, 11) is 0. The van der Waals surface area contributed by atoms with Gasteiger partial charge in [0, 0.05) is 0 Å². The monoisotopic (exact) mass is 480 g/mol. The van der Waals surface area contributed by atoms with E-state index in [1.165, 1.54) is 42.6 Å². The van der Waals surface area contributed by atoms with Gasteiger partial charge in [0.05, 0.1) is 0 Å². The molecule has 1 aromatic rings. The summed E-state index contributed by atoms with van der Waals surface area (Å²) in [6, 6.07) is 10.4. The average Bonchev–Trinajstić information content (AvgIpc) is 2.51. The first kappa shape index (κ1) is 19.7. The van der Waals surface area contributed by atoms with Gasteiger partial charge in [-0.1, -0.05) is 0 Å². The Morgan fingerprint density at radius 2 is 1.77 bits per heavy atom. The summed E-state index contributed by atoms with van der Waals surface area (Å²) in [6.07, 6.45) is 8.33. The number of hydrogen-bond acceptors (Lipinski definition) is 2. The Labute approximate surface area is 147 Å². The minimum atomic E-state index is -1.56. The minimum absolute atomic E-state index is 0.220. The fourth-order valence-corrected chi connectivity index (χ4v) is 7.24. The van der Waals surface area contributed by atoms with Crippen LogP contribution in [0.5, 0.6) is 0 Å². The van der Waals surface area contributed by atoms with Crippen LogP contribution in [0.2, 0.25) is 0 Å². The van der Waals surface area contributed by atoms with Crippen molar-refractivity contribution in [1.82, 2.24) is 0 Å². The van der Waals surface area contributed by atoms with E-state index in [-0.39, 0.29) is 5.97 Å².